The molecule has 0 saturated carbocycles. The number of hydrogen-bond acceptors (Lipinski definition) is 1. The molecule has 0 heterocycles. The lowest BCUT2D eigenvalue weighted by Gasteiger charge is -2.09. The quantitative estimate of drug-likeness (QED) is 0.567. The molecule has 66 valence electrons. The Labute approximate surface area is 85.5 Å². The van der Waals surface area contributed by atoms with Crippen LogP contribution in [0.1, 0.15) is 0 Å². The third kappa shape index (κ3) is 2.43. The number of halogens is 3. The molecule has 5 heteroatoms. The summed E-state index contributed by atoms with van der Waals surface area (Å²) in [5.41, 5.74) is 0.232. The zero-order chi connectivity index (χ0) is 9.19. The van der Waals surface area contributed by atoms with Crippen LogP contribution < -0.4 is 5.30 Å². The summed E-state index contributed by atoms with van der Waals surface area (Å²) < 4.78 is 12.5. The fourth-order valence-corrected chi connectivity index (χ4v) is 2.58. The predicted octanol–water partition coefficient (Wildman–Crippen LogP) is 3.28. The molecule has 0 spiro atoms. The molecule has 0 aliphatic rings. The topological polar surface area (TPSA) is 0 Å². The van der Waals surface area contributed by atoms with Gasteiger partial charge in [0.2, 0.25) is 0 Å². The van der Waals surface area contributed by atoms with Crippen molar-refractivity contribution >= 4 is 45.3 Å². The minimum Gasteiger partial charge on any atom is -0.207 e. The van der Waals surface area contributed by atoms with Crippen molar-refractivity contribution in [3.8, 4) is 0 Å². The number of benzene rings is 1. The van der Waals surface area contributed by atoms with Crippen LogP contribution in [0.3, 0.4) is 0 Å². The van der Waals surface area contributed by atoms with E-state index in [0.717, 1.165) is 5.30 Å². The van der Waals surface area contributed by atoms with Gasteiger partial charge in [0.05, 0.1) is 11.0 Å². The molecule has 0 aromatic heterocycles. The van der Waals surface area contributed by atoms with Gasteiger partial charge >= 0.3 is 0 Å². The molecule has 1 rings (SSSR count). The fourth-order valence-electron chi connectivity index (χ4n) is 0.733. The smallest absolute Gasteiger partial charge is 0.123 e. The van der Waals surface area contributed by atoms with E-state index in [1.165, 1.54) is 12.1 Å². The van der Waals surface area contributed by atoms with Gasteiger partial charge < -0.3 is 0 Å². The van der Waals surface area contributed by atoms with Crippen LogP contribution in [0.15, 0.2) is 24.3 Å². The summed E-state index contributed by atoms with van der Waals surface area (Å²) in [5, 5.41) is -1.38. The molecule has 1 unspecified atom stereocenters. The highest BCUT2D eigenvalue weighted by Crippen LogP contribution is 2.50. The Balaban J connectivity index is 3.05. The first-order chi connectivity index (χ1) is 5.56. The van der Waals surface area contributed by atoms with E-state index in [1.54, 1.807) is 12.1 Å². The molecule has 0 bridgehead atoms. The zero-order valence-corrected chi connectivity index (χ0v) is 9.23. The Morgan fingerprint density at radius 3 is 2.25 bits per heavy atom. The van der Waals surface area contributed by atoms with Gasteiger partial charge in [-0.1, -0.05) is 23.0 Å². The molecule has 0 aliphatic carbocycles. The molecule has 1 aromatic rings. The van der Waals surface area contributed by atoms with Crippen molar-refractivity contribution in [2.75, 3.05) is 5.62 Å². The SMILES string of the molecule is Fc1ccc(P(=S)(Cl)CCl)cc1. The molecule has 0 radical (unpaired) electrons. The van der Waals surface area contributed by atoms with E-state index in [9.17, 15) is 4.39 Å². The van der Waals surface area contributed by atoms with Gasteiger partial charge in [-0.2, -0.15) is 0 Å². The molecule has 1 atom stereocenters. The van der Waals surface area contributed by atoms with E-state index in [-0.39, 0.29) is 11.4 Å². The first kappa shape index (κ1) is 10.5. The average Bonchev–Trinajstić information content (AvgIpc) is 2.05. The second kappa shape index (κ2) is 4.06. The third-order valence-corrected chi connectivity index (χ3v) is 6.57. The summed E-state index contributed by atoms with van der Waals surface area (Å²) in [4.78, 5) is 0. The Morgan fingerprint density at radius 2 is 1.83 bits per heavy atom. The maximum Gasteiger partial charge on any atom is 0.123 e. The minimum absolute atomic E-state index is 0.232. The van der Waals surface area contributed by atoms with E-state index < -0.39 is 5.39 Å². The molecule has 0 fully saturated rings. The second-order valence-corrected chi connectivity index (χ2v) is 9.23. The molecule has 0 nitrogen and oxygen atoms in total. The first-order valence-electron chi connectivity index (χ1n) is 3.17. The van der Waals surface area contributed by atoms with Crippen molar-refractivity contribution in [1.82, 2.24) is 0 Å². The van der Waals surface area contributed by atoms with Crippen LogP contribution in [0, 0.1) is 5.82 Å². The van der Waals surface area contributed by atoms with Gasteiger partial charge in [-0.25, -0.2) is 4.39 Å². The standard InChI is InChI=1S/C7H6Cl2FPS/c8-5-11(9,12)7-3-1-6(10)2-4-7/h1-4H,5H2. The van der Waals surface area contributed by atoms with Crippen LogP contribution in [0.25, 0.3) is 0 Å². The molecule has 0 N–H and O–H groups in total. The Bertz CT molecular complexity index is 312. The maximum atomic E-state index is 12.5. The monoisotopic (exact) mass is 242 g/mol. The molecular formula is C7H6Cl2FPS. The molecule has 0 aliphatic heterocycles. The van der Waals surface area contributed by atoms with Crippen LogP contribution in [0.5, 0.6) is 0 Å². The van der Waals surface area contributed by atoms with Crippen molar-refractivity contribution < 1.29 is 4.39 Å². The second-order valence-electron chi connectivity index (χ2n) is 2.25. The van der Waals surface area contributed by atoms with Gasteiger partial charge in [-0.05, 0) is 24.3 Å². The third-order valence-electron chi connectivity index (χ3n) is 1.37. The summed E-state index contributed by atoms with van der Waals surface area (Å²) >= 11 is 16.6. The normalized spacial score (nSPS) is 15.6. The number of rotatable bonds is 2. The molecule has 0 saturated heterocycles. The van der Waals surface area contributed by atoms with Gasteiger partial charge in [0, 0.05) is 5.30 Å². The van der Waals surface area contributed by atoms with Crippen molar-refractivity contribution in [3.63, 3.8) is 0 Å². The average molecular weight is 243 g/mol. The van der Waals surface area contributed by atoms with Gasteiger partial charge in [0.25, 0.3) is 0 Å². The van der Waals surface area contributed by atoms with Crippen LogP contribution in [0.2, 0.25) is 0 Å². The van der Waals surface area contributed by atoms with Crippen LogP contribution >= 0.6 is 28.2 Å². The Kier molecular flexibility index (Phi) is 3.54. The van der Waals surface area contributed by atoms with Gasteiger partial charge in [-0.15, -0.1) is 11.6 Å². The lowest BCUT2D eigenvalue weighted by atomic mass is 10.4. The summed E-state index contributed by atoms with van der Waals surface area (Å²) in [7, 11) is 0. The lowest BCUT2D eigenvalue weighted by Crippen LogP contribution is -2.00. The van der Waals surface area contributed by atoms with Crippen molar-refractivity contribution in [1.29, 1.82) is 0 Å². The summed E-state index contributed by atoms with van der Waals surface area (Å²) in [6, 6.07) is 5.85. The summed E-state index contributed by atoms with van der Waals surface area (Å²) in [5.74, 6) is -0.292. The van der Waals surface area contributed by atoms with Crippen LogP contribution in [0.4, 0.5) is 4.39 Å². The number of hydrogen-bond donors (Lipinski definition) is 0. The van der Waals surface area contributed by atoms with E-state index in [0.29, 0.717) is 0 Å². The van der Waals surface area contributed by atoms with E-state index in [1.807, 2.05) is 0 Å². The van der Waals surface area contributed by atoms with Crippen molar-refractivity contribution in [2.24, 2.45) is 0 Å². The molecule has 12 heavy (non-hydrogen) atoms. The lowest BCUT2D eigenvalue weighted by molar-refractivity contribution is 0.628. The van der Waals surface area contributed by atoms with E-state index in [2.05, 4.69) is 0 Å². The van der Waals surface area contributed by atoms with Gasteiger partial charge in [-0.3, -0.25) is 0 Å². The first-order valence-corrected chi connectivity index (χ1v) is 7.60. The van der Waals surface area contributed by atoms with E-state index >= 15 is 0 Å². The Hall–Kier alpha value is 0.380. The Morgan fingerprint density at radius 1 is 1.33 bits per heavy atom. The van der Waals surface area contributed by atoms with Crippen molar-refractivity contribution in [3.05, 3.63) is 30.1 Å². The zero-order valence-electron chi connectivity index (χ0n) is 6.01. The highest BCUT2D eigenvalue weighted by Gasteiger charge is 2.14. The highest BCUT2D eigenvalue weighted by atomic mass is 35.7. The van der Waals surface area contributed by atoms with E-state index in [4.69, 9.17) is 34.6 Å². The van der Waals surface area contributed by atoms with Crippen LogP contribution in [-0.2, 0) is 11.8 Å². The number of alkyl halides is 1. The molecular weight excluding hydrogens is 237 g/mol. The van der Waals surface area contributed by atoms with Gasteiger partial charge in [0.1, 0.15) is 5.82 Å². The largest absolute Gasteiger partial charge is 0.207 e. The highest BCUT2D eigenvalue weighted by molar-refractivity contribution is 8.31. The minimum atomic E-state index is -2.14. The molecule has 0 amide bonds. The summed E-state index contributed by atoms with van der Waals surface area (Å²) in [6.45, 7) is 0. The van der Waals surface area contributed by atoms with Crippen molar-refractivity contribution in [2.45, 2.75) is 0 Å². The maximum absolute atomic E-state index is 12.5. The fraction of sp³-hybridized carbons (Fsp3) is 0.143. The predicted molar refractivity (Wildman–Crippen MR) is 56.9 cm³/mol. The summed E-state index contributed by atoms with van der Waals surface area (Å²) in [6.07, 6.45) is 0. The van der Waals surface area contributed by atoms with Crippen LogP contribution in [-0.4, -0.2) is 5.62 Å². The van der Waals surface area contributed by atoms with Gasteiger partial charge in [0.15, 0.2) is 0 Å². The molecule has 1 aromatic carbocycles.